The number of carbonyl (C=O) groups excluding carboxylic acids is 2. The van der Waals surface area contributed by atoms with Gasteiger partial charge in [-0.1, -0.05) is 0 Å². The molecule has 0 aromatic carbocycles. The molecule has 1 aliphatic heterocycles. The zero-order valence-electron chi connectivity index (χ0n) is 9.32. The molecule has 86 valence electrons. The molecule has 0 radical (unpaired) electrons. The predicted molar refractivity (Wildman–Crippen MR) is 53.1 cm³/mol. The van der Waals surface area contributed by atoms with Crippen LogP contribution in [0.25, 0.3) is 0 Å². The predicted octanol–water partition coefficient (Wildman–Crippen LogP) is 0.762. The lowest BCUT2D eigenvalue weighted by atomic mass is 10.1. The molecule has 1 rings (SSSR count). The Morgan fingerprint density at radius 3 is 2.60 bits per heavy atom. The first-order valence-electron chi connectivity index (χ1n) is 4.97. The lowest BCUT2D eigenvalue weighted by molar-refractivity contribution is -0.127. The Morgan fingerprint density at radius 1 is 1.60 bits per heavy atom. The minimum Gasteiger partial charge on any atom is -0.443 e. The molecule has 0 aromatic heterocycles. The lowest BCUT2D eigenvalue weighted by Gasteiger charge is -2.23. The smallest absolute Gasteiger partial charge is 0.417 e. The molecular weight excluding hydrogens is 198 g/mol. The molecule has 1 heterocycles. The third-order valence-electron chi connectivity index (χ3n) is 2.08. The van der Waals surface area contributed by atoms with Crippen LogP contribution in [0.3, 0.4) is 0 Å². The van der Waals surface area contributed by atoms with E-state index in [1.54, 1.807) is 20.8 Å². The normalized spacial score (nSPS) is 22.0. The van der Waals surface area contributed by atoms with E-state index in [-0.39, 0.29) is 31.4 Å². The Morgan fingerprint density at radius 2 is 2.20 bits per heavy atom. The van der Waals surface area contributed by atoms with E-state index in [2.05, 4.69) is 0 Å². The number of rotatable bonds is 1. The molecule has 1 saturated heterocycles. The molecule has 5 heteroatoms. The summed E-state index contributed by atoms with van der Waals surface area (Å²) in [5, 5.41) is 8.88. The topological polar surface area (TPSA) is 66.8 Å². The van der Waals surface area contributed by atoms with Crippen molar-refractivity contribution in [2.45, 2.75) is 32.8 Å². The van der Waals surface area contributed by atoms with E-state index >= 15 is 0 Å². The summed E-state index contributed by atoms with van der Waals surface area (Å²) in [5.41, 5.74) is -0.603. The van der Waals surface area contributed by atoms with Gasteiger partial charge in [0.05, 0.1) is 0 Å². The minimum atomic E-state index is -0.622. The molecule has 15 heavy (non-hydrogen) atoms. The second kappa shape index (κ2) is 4.18. The zero-order chi connectivity index (χ0) is 11.6. The average molecular weight is 215 g/mol. The van der Waals surface area contributed by atoms with Gasteiger partial charge in [0.25, 0.3) is 0 Å². The van der Waals surface area contributed by atoms with Crippen molar-refractivity contribution in [3.63, 3.8) is 0 Å². The van der Waals surface area contributed by atoms with Gasteiger partial charge in [-0.15, -0.1) is 0 Å². The largest absolute Gasteiger partial charge is 0.443 e. The van der Waals surface area contributed by atoms with Crippen LogP contribution < -0.4 is 0 Å². The van der Waals surface area contributed by atoms with Crippen molar-refractivity contribution in [1.29, 1.82) is 0 Å². The molecule has 1 aliphatic rings. The first-order chi connectivity index (χ1) is 6.83. The number of nitrogens with zero attached hydrogens (tertiary/aromatic N) is 1. The van der Waals surface area contributed by atoms with Crippen LogP contribution >= 0.6 is 0 Å². The van der Waals surface area contributed by atoms with Gasteiger partial charge in [0.2, 0.25) is 5.91 Å². The van der Waals surface area contributed by atoms with Gasteiger partial charge in [-0.25, -0.2) is 9.69 Å². The molecule has 0 spiro atoms. The summed E-state index contributed by atoms with van der Waals surface area (Å²) in [7, 11) is 0. The summed E-state index contributed by atoms with van der Waals surface area (Å²) in [6, 6.07) is 0. The number of likely N-dealkylation sites (tertiary alicyclic amines) is 1. The van der Waals surface area contributed by atoms with Gasteiger partial charge >= 0.3 is 6.09 Å². The molecule has 1 N–H and O–H groups in total. The molecule has 5 nitrogen and oxygen atoms in total. The average Bonchev–Trinajstić information content (AvgIpc) is 2.43. The fourth-order valence-corrected chi connectivity index (χ4v) is 1.40. The van der Waals surface area contributed by atoms with Gasteiger partial charge in [0.1, 0.15) is 5.60 Å². The Balaban J connectivity index is 2.58. The lowest BCUT2D eigenvalue weighted by Crippen LogP contribution is -2.37. The van der Waals surface area contributed by atoms with E-state index in [0.29, 0.717) is 0 Å². The zero-order valence-corrected chi connectivity index (χ0v) is 9.32. The molecule has 2 amide bonds. The van der Waals surface area contributed by atoms with Crippen LogP contribution in [0.1, 0.15) is 27.2 Å². The summed E-state index contributed by atoms with van der Waals surface area (Å²) >= 11 is 0. The molecule has 1 atom stereocenters. The molecule has 0 aliphatic carbocycles. The van der Waals surface area contributed by atoms with Crippen molar-refractivity contribution < 1.29 is 19.4 Å². The van der Waals surface area contributed by atoms with Crippen LogP contribution in [0.15, 0.2) is 0 Å². The maximum Gasteiger partial charge on any atom is 0.417 e. The number of amides is 2. The number of imide groups is 1. The quantitative estimate of drug-likeness (QED) is 0.701. The highest BCUT2D eigenvalue weighted by Crippen LogP contribution is 2.20. The van der Waals surface area contributed by atoms with Crippen LogP contribution in [0.4, 0.5) is 4.79 Å². The van der Waals surface area contributed by atoms with Crippen molar-refractivity contribution >= 4 is 12.0 Å². The second-order valence-electron chi connectivity index (χ2n) is 4.74. The summed E-state index contributed by atoms with van der Waals surface area (Å²) < 4.78 is 5.07. The van der Waals surface area contributed by atoms with Gasteiger partial charge in [-0.3, -0.25) is 4.79 Å². The number of ether oxygens (including phenoxy) is 1. The van der Waals surface area contributed by atoms with Crippen LogP contribution in [-0.4, -0.2) is 40.8 Å². The Bertz CT molecular complexity index is 269. The number of aliphatic hydroxyl groups excluding tert-OH is 1. The van der Waals surface area contributed by atoms with Crippen LogP contribution in [-0.2, 0) is 9.53 Å². The first kappa shape index (κ1) is 12.0. The monoisotopic (exact) mass is 215 g/mol. The summed E-state index contributed by atoms with van der Waals surface area (Å²) in [4.78, 5) is 24.0. The van der Waals surface area contributed by atoms with Crippen LogP contribution in [0, 0.1) is 5.92 Å². The Hall–Kier alpha value is -1.10. The summed E-state index contributed by atoms with van der Waals surface area (Å²) in [6.07, 6.45) is -0.404. The molecule has 1 fully saturated rings. The molecule has 0 saturated carbocycles. The van der Waals surface area contributed by atoms with E-state index in [4.69, 9.17) is 9.84 Å². The van der Waals surface area contributed by atoms with E-state index < -0.39 is 11.7 Å². The van der Waals surface area contributed by atoms with Gasteiger partial charge < -0.3 is 9.84 Å². The van der Waals surface area contributed by atoms with Gasteiger partial charge in [-0.2, -0.15) is 0 Å². The molecule has 0 aromatic rings. The van der Waals surface area contributed by atoms with Gasteiger partial charge in [-0.05, 0) is 20.8 Å². The van der Waals surface area contributed by atoms with Crippen molar-refractivity contribution in [3.05, 3.63) is 0 Å². The molecule has 0 bridgehead atoms. The minimum absolute atomic E-state index is 0.0783. The van der Waals surface area contributed by atoms with E-state index in [9.17, 15) is 9.59 Å². The highest BCUT2D eigenvalue weighted by Gasteiger charge is 2.35. The third kappa shape index (κ3) is 3.20. The van der Waals surface area contributed by atoms with Crippen molar-refractivity contribution in [3.8, 4) is 0 Å². The van der Waals surface area contributed by atoms with E-state index in [1.165, 1.54) is 0 Å². The van der Waals surface area contributed by atoms with Crippen molar-refractivity contribution in [1.82, 2.24) is 4.90 Å². The standard InChI is InChI=1S/C10H17NO4/c1-10(2,3)15-9(14)11-5-7(6-12)4-8(11)13/h7,12H,4-6H2,1-3H3/t7-/m0/s1. The van der Waals surface area contributed by atoms with E-state index in [0.717, 1.165) is 4.90 Å². The number of carbonyl (C=O) groups is 2. The molecule has 0 unspecified atom stereocenters. The second-order valence-corrected chi connectivity index (χ2v) is 4.74. The van der Waals surface area contributed by atoms with E-state index in [1.807, 2.05) is 0 Å². The Labute approximate surface area is 89.0 Å². The third-order valence-corrected chi connectivity index (χ3v) is 2.08. The highest BCUT2D eigenvalue weighted by atomic mass is 16.6. The SMILES string of the molecule is CC(C)(C)OC(=O)N1C[C@@H](CO)CC1=O. The maximum atomic E-state index is 11.5. The summed E-state index contributed by atoms with van der Waals surface area (Å²) in [6.45, 7) is 5.41. The fraction of sp³-hybridized carbons (Fsp3) is 0.800. The number of hydrogen-bond donors (Lipinski definition) is 1. The van der Waals surface area contributed by atoms with Crippen molar-refractivity contribution in [2.75, 3.05) is 13.2 Å². The molecular formula is C10H17NO4. The van der Waals surface area contributed by atoms with Crippen LogP contribution in [0.5, 0.6) is 0 Å². The number of hydrogen-bond acceptors (Lipinski definition) is 4. The highest BCUT2D eigenvalue weighted by molar-refractivity contribution is 5.93. The van der Waals surface area contributed by atoms with Gasteiger partial charge in [0, 0.05) is 25.5 Å². The first-order valence-corrected chi connectivity index (χ1v) is 4.97. The van der Waals surface area contributed by atoms with Gasteiger partial charge in [0.15, 0.2) is 0 Å². The Kier molecular flexibility index (Phi) is 3.34. The number of aliphatic hydroxyl groups is 1. The van der Waals surface area contributed by atoms with Crippen molar-refractivity contribution in [2.24, 2.45) is 5.92 Å². The summed E-state index contributed by atoms with van der Waals surface area (Å²) in [5.74, 6) is -0.423. The van der Waals surface area contributed by atoms with Crippen LogP contribution in [0.2, 0.25) is 0 Å². The fourth-order valence-electron chi connectivity index (χ4n) is 1.40. The maximum absolute atomic E-state index is 11.5.